The third kappa shape index (κ3) is 4.27. The summed E-state index contributed by atoms with van der Waals surface area (Å²) in [5, 5.41) is 4.68. The zero-order chi connectivity index (χ0) is 20.4. The molecule has 0 spiro atoms. The Balaban J connectivity index is 1.55. The molecule has 1 N–H and O–H groups in total. The Bertz CT molecular complexity index is 1020. The van der Waals surface area contributed by atoms with E-state index in [1.54, 1.807) is 6.07 Å². The quantitative estimate of drug-likeness (QED) is 0.633. The lowest BCUT2D eigenvalue weighted by Crippen LogP contribution is -2.33. The number of carbonyl (C=O) groups excluding carboxylic acids is 1. The summed E-state index contributed by atoms with van der Waals surface area (Å²) < 4.78 is 43.5. The molecule has 29 heavy (non-hydrogen) atoms. The topological polar surface area (TPSA) is 38.3 Å². The summed E-state index contributed by atoms with van der Waals surface area (Å²) in [5.41, 5.74) is 1.41. The van der Waals surface area contributed by atoms with E-state index < -0.39 is 11.7 Å². The van der Waals surface area contributed by atoms with Crippen LogP contribution in [0.1, 0.15) is 22.3 Å². The third-order valence-electron chi connectivity index (χ3n) is 5.21. The number of rotatable bonds is 5. The molecule has 0 aliphatic carbocycles. The Morgan fingerprint density at radius 2 is 1.79 bits per heavy atom. The van der Waals surface area contributed by atoms with Gasteiger partial charge in [0.2, 0.25) is 0 Å². The Hall–Kier alpha value is -2.86. The molecule has 1 saturated heterocycles. The summed E-state index contributed by atoms with van der Waals surface area (Å²) in [6.07, 6.45) is -3.46. The summed E-state index contributed by atoms with van der Waals surface area (Å²) in [6.45, 7) is 2.13. The predicted octanol–water partition coefficient (Wildman–Crippen LogP) is 5.29. The molecule has 3 aromatic rings. The van der Waals surface area contributed by atoms with Gasteiger partial charge in [-0.3, -0.25) is 4.79 Å². The van der Waals surface area contributed by atoms with Crippen LogP contribution in [0.5, 0.6) is 0 Å². The first-order valence-corrected chi connectivity index (χ1v) is 9.48. The fourth-order valence-corrected chi connectivity index (χ4v) is 3.46. The molecule has 3 nitrogen and oxygen atoms in total. The lowest BCUT2D eigenvalue weighted by atomic mass is 9.96. The van der Waals surface area contributed by atoms with Gasteiger partial charge in [-0.15, -0.1) is 0 Å². The van der Waals surface area contributed by atoms with Crippen molar-refractivity contribution in [2.75, 3.05) is 19.8 Å². The van der Waals surface area contributed by atoms with Gasteiger partial charge in [-0.2, -0.15) is 13.2 Å². The molecule has 1 aliphatic rings. The van der Waals surface area contributed by atoms with Gasteiger partial charge in [0.25, 0.3) is 5.91 Å². The average Bonchev–Trinajstić information content (AvgIpc) is 2.68. The fraction of sp³-hybridized carbons (Fsp3) is 0.261. The van der Waals surface area contributed by atoms with E-state index in [4.69, 9.17) is 4.74 Å². The van der Waals surface area contributed by atoms with Crippen LogP contribution in [0, 0.1) is 5.92 Å². The van der Waals surface area contributed by atoms with Gasteiger partial charge in [-0.05, 0) is 52.6 Å². The van der Waals surface area contributed by atoms with Crippen molar-refractivity contribution in [3.05, 3.63) is 71.8 Å². The van der Waals surface area contributed by atoms with Crippen molar-refractivity contribution in [2.24, 2.45) is 5.92 Å². The van der Waals surface area contributed by atoms with Crippen LogP contribution < -0.4 is 5.32 Å². The largest absolute Gasteiger partial charge is 0.416 e. The molecule has 3 aromatic carbocycles. The van der Waals surface area contributed by atoms with E-state index in [9.17, 15) is 18.0 Å². The third-order valence-corrected chi connectivity index (χ3v) is 5.21. The number of fused-ring (bicyclic) bond motifs is 1. The molecule has 0 aromatic heterocycles. The Labute approximate surface area is 166 Å². The predicted molar refractivity (Wildman–Crippen MR) is 106 cm³/mol. The number of halogens is 3. The SMILES string of the molecule is O=C(NCCC1COC1)c1ccc2c(-c3ccc(C(F)(F)F)cc3)cccc2c1. The monoisotopic (exact) mass is 399 g/mol. The van der Waals surface area contributed by atoms with Gasteiger partial charge in [-0.25, -0.2) is 0 Å². The molecule has 4 rings (SSSR count). The maximum atomic E-state index is 12.8. The molecular weight excluding hydrogens is 379 g/mol. The molecule has 0 radical (unpaired) electrons. The van der Waals surface area contributed by atoms with Crippen molar-refractivity contribution in [2.45, 2.75) is 12.6 Å². The standard InChI is InChI=1S/C23H20F3NO2/c24-23(25,26)19-7-4-16(5-8-19)20-3-1-2-17-12-18(6-9-21(17)20)22(28)27-11-10-15-13-29-14-15/h1-9,12,15H,10-11,13-14H2,(H,27,28). The zero-order valence-electron chi connectivity index (χ0n) is 15.6. The number of benzene rings is 3. The van der Waals surface area contributed by atoms with E-state index in [-0.39, 0.29) is 5.91 Å². The first kappa shape index (κ1) is 19.5. The highest BCUT2D eigenvalue weighted by molar-refractivity contribution is 6.02. The van der Waals surface area contributed by atoms with Crippen LogP contribution >= 0.6 is 0 Å². The zero-order valence-corrected chi connectivity index (χ0v) is 15.6. The van der Waals surface area contributed by atoms with E-state index in [2.05, 4.69) is 5.32 Å². The van der Waals surface area contributed by atoms with Crippen molar-refractivity contribution in [3.63, 3.8) is 0 Å². The number of ether oxygens (including phenoxy) is 1. The molecule has 0 atom stereocenters. The van der Waals surface area contributed by atoms with E-state index in [1.807, 2.05) is 30.3 Å². The van der Waals surface area contributed by atoms with E-state index in [0.29, 0.717) is 23.6 Å². The second-order valence-corrected chi connectivity index (χ2v) is 7.26. The van der Waals surface area contributed by atoms with E-state index >= 15 is 0 Å². The Morgan fingerprint density at radius 3 is 2.45 bits per heavy atom. The van der Waals surface area contributed by atoms with Gasteiger partial charge >= 0.3 is 6.18 Å². The van der Waals surface area contributed by atoms with Crippen LogP contribution in [0.3, 0.4) is 0 Å². The molecule has 150 valence electrons. The number of amides is 1. The van der Waals surface area contributed by atoms with Gasteiger partial charge in [0, 0.05) is 18.0 Å². The summed E-state index contributed by atoms with van der Waals surface area (Å²) in [5.74, 6) is 0.394. The number of carbonyl (C=O) groups is 1. The maximum absolute atomic E-state index is 12.8. The number of alkyl halides is 3. The minimum atomic E-state index is -4.36. The van der Waals surface area contributed by atoms with Crippen LogP contribution in [0.25, 0.3) is 21.9 Å². The lowest BCUT2D eigenvalue weighted by Gasteiger charge is -2.25. The highest BCUT2D eigenvalue weighted by Gasteiger charge is 2.30. The molecule has 1 amide bonds. The first-order valence-electron chi connectivity index (χ1n) is 9.48. The van der Waals surface area contributed by atoms with Gasteiger partial charge in [0.15, 0.2) is 0 Å². The number of nitrogens with one attached hydrogen (secondary N) is 1. The molecule has 1 aliphatic heterocycles. The van der Waals surface area contributed by atoms with Crippen LogP contribution in [0.4, 0.5) is 13.2 Å². The Morgan fingerprint density at radius 1 is 1.03 bits per heavy atom. The first-order chi connectivity index (χ1) is 13.9. The molecule has 1 fully saturated rings. The minimum absolute atomic E-state index is 0.132. The van der Waals surface area contributed by atoms with Crippen LogP contribution in [0.15, 0.2) is 60.7 Å². The second kappa shape index (κ2) is 7.87. The lowest BCUT2D eigenvalue weighted by molar-refractivity contribution is -0.137. The summed E-state index contributed by atoms with van der Waals surface area (Å²) >= 11 is 0. The fourth-order valence-electron chi connectivity index (χ4n) is 3.46. The van der Waals surface area contributed by atoms with Crippen molar-refractivity contribution < 1.29 is 22.7 Å². The van der Waals surface area contributed by atoms with Gasteiger partial charge in [-0.1, -0.05) is 36.4 Å². The summed E-state index contributed by atoms with van der Waals surface area (Å²) in [4.78, 5) is 12.4. The highest BCUT2D eigenvalue weighted by atomic mass is 19.4. The van der Waals surface area contributed by atoms with Crippen molar-refractivity contribution in [1.29, 1.82) is 0 Å². The molecule has 1 heterocycles. The van der Waals surface area contributed by atoms with Gasteiger partial charge < -0.3 is 10.1 Å². The van der Waals surface area contributed by atoms with Gasteiger partial charge in [0.1, 0.15) is 0 Å². The molecule has 0 bridgehead atoms. The van der Waals surface area contributed by atoms with E-state index in [0.717, 1.165) is 48.1 Å². The van der Waals surface area contributed by atoms with Crippen molar-refractivity contribution in [3.8, 4) is 11.1 Å². The average molecular weight is 399 g/mol. The minimum Gasteiger partial charge on any atom is -0.381 e. The maximum Gasteiger partial charge on any atom is 0.416 e. The molecular formula is C23H20F3NO2. The number of hydrogen-bond donors (Lipinski definition) is 1. The summed E-state index contributed by atoms with van der Waals surface area (Å²) in [6, 6.07) is 16.1. The second-order valence-electron chi connectivity index (χ2n) is 7.26. The van der Waals surface area contributed by atoms with E-state index in [1.165, 1.54) is 12.1 Å². The number of hydrogen-bond acceptors (Lipinski definition) is 2. The normalized spacial score (nSPS) is 14.6. The smallest absolute Gasteiger partial charge is 0.381 e. The Kier molecular flexibility index (Phi) is 5.28. The van der Waals surface area contributed by atoms with Gasteiger partial charge in [0.05, 0.1) is 18.8 Å². The molecule has 0 saturated carbocycles. The molecule has 6 heteroatoms. The van der Waals surface area contributed by atoms with Crippen LogP contribution in [-0.2, 0) is 10.9 Å². The summed E-state index contributed by atoms with van der Waals surface area (Å²) in [7, 11) is 0. The molecule has 0 unspecified atom stereocenters. The van der Waals surface area contributed by atoms with Crippen LogP contribution in [0.2, 0.25) is 0 Å². The van der Waals surface area contributed by atoms with Crippen LogP contribution in [-0.4, -0.2) is 25.7 Å². The highest BCUT2D eigenvalue weighted by Crippen LogP contribution is 2.33. The van der Waals surface area contributed by atoms with Crippen molar-refractivity contribution in [1.82, 2.24) is 5.32 Å². The van der Waals surface area contributed by atoms with Crippen molar-refractivity contribution >= 4 is 16.7 Å².